The fourth-order valence-corrected chi connectivity index (χ4v) is 2.86. The van der Waals surface area contributed by atoms with Gasteiger partial charge in [-0.2, -0.15) is 0 Å². The van der Waals surface area contributed by atoms with Crippen molar-refractivity contribution in [2.45, 2.75) is 11.8 Å². The maximum atomic E-state index is 12.4. The Kier molecular flexibility index (Phi) is 5.28. The van der Waals surface area contributed by atoms with Crippen LogP contribution in [-0.2, 0) is 0 Å². The number of hydrogen-bond acceptors (Lipinski definition) is 4. The Morgan fingerprint density at radius 3 is 2.57 bits per heavy atom. The SMILES string of the molecule is COc1ccc(OC)c(C(=O)CSc2cccc(C)c2)c1. The van der Waals surface area contributed by atoms with Crippen LogP contribution < -0.4 is 9.47 Å². The Hall–Kier alpha value is -1.94. The lowest BCUT2D eigenvalue weighted by molar-refractivity contribution is 0.101. The second kappa shape index (κ2) is 7.18. The third-order valence-electron chi connectivity index (χ3n) is 3.07. The summed E-state index contributed by atoms with van der Waals surface area (Å²) in [5.74, 6) is 1.62. The van der Waals surface area contributed by atoms with Crippen LogP contribution in [0.15, 0.2) is 47.4 Å². The molecule has 0 heterocycles. The molecule has 0 radical (unpaired) electrons. The third-order valence-corrected chi connectivity index (χ3v) is 4.06. The van der Waals surface area contributed by atoms with Crippen molar-refractivity contribution in [3.63, 3.8) is 0 Å². The largest absolute Gasteiger partial charge is 0.497 e. The summed E-state index contributed by atoms with van der Waals surface area (Å²) in [4.78, 5) is 13.5. The van der Waals surface area contributed by atoms with Gasteiger partial charge in [0.1, 0.15) is 11.5 Å². The zero-order valence-corrected chi connectivity index (χ0v) is 13.2. The summed E-state index contributed by atoms with van der Waals surface area (Å²) >= 11 is 1.52. The van der Waals surface area contributed by atoms with Crippen molar-refractivity contribution in [3.05, 3.63) is 53.6 Å². The van der Waals surface area contributed by atoms with Gasteiger partial charge in [0.2, 0.25) is 0 Å². The molecule has 0 amide bonds. The average Bonchev–Trinajstić information content (AvgIpc) is 2.52. The van der Waals surface area contributed by atoms with E-state index in [1.807, 2.05) is 25.1 Å². The highest BCUT2D eigenvalue weighted by atomic mass is 32.2. The molecule has 0 aliphatic carbocycles. The average molecular weight is 302 g/mol. The van der Waals surface area contributed by atoms with Crippen molar-refractivity contribution in [2.24, 2.45) is 0 Å². The number of rotatable bonds is 6. The lowest BCUT2D eigenvalue weighted by Crippen LogP contribution is -2.05. The molecule has 2 aromatic rings. The molecular formula is C17H18O3S. The van der Waals surface area contributed by atoms with Gasteiger partial charge in [0.15, 0.2) is 5.78 Å². The topological polar surface area (TPSA) is 35.5 Å². The zero-order chi connectivity index (χ0) is 15.2. The number of carbonyl (C=O) groups excluding carboxylic acids is 1. The Morgan fingerprint density at radius 2 is 1.90 bits per heavy atom. The van der Waals surface area contributed by atoms with E-state index >= 15 is 0 Å². The van der Waals surface area contributed by atoms with E-state index in [9.17, 15) is 4.79 Å². The van der Waals surface area contributed by atoms with Crippen LogP contribution in [0.4, 0.5) is 0 Å². The van der Waals surface area contributed by atoms with Gasteiger partial charge in [-0.05, 0) is 37.3 Å². The van der Waals surface area contributed by atoms with Crippen LogP contribution in [0.25, 0.3) is 0 Å². The maximum Gasteiger partial charge on any atom is 0.176 e. The van der Waals surface area contributed by atoms with Crippen molar-refractivity contribution in [1.29, 1.82) is 0 Å². The van der Waals surface area contributed by atoms with E-state index in [2.05, 4.69) is 6.07 Å². The van der Waals surface area contributed by atoms with Crippen LogP contribution in [0.1, 0.15) is 15.9 Å². The minimum Gasteiger partial charge on any atom is -0.497 e. The predicted molar refractivity (Wildman–Crippen MR) is 85.8 cm³/mol. The molecule has 2 rings (SSSR count). The predicted octanol–water partition coefficient (Wildman–Crippen LogP) is 3.99. The molecule has 0 aliphatic heterocycles. The fraction of sp³-hybridized carbons (Fsp3) is 0.235. The zero-order valence-electron chi connectivity index (χ0n) is 12.4. The summed E-state index contributed by atoms with van der Waals surface area (Å²) in [6.07, 6.45) is 0. The molecule has 3 nitrogen and oxygen atoms in total. The first kappa shape index (κ1) is 15.4. The number of aryl methyl sites for hydroxylation is 1. The van der Waals surface area contributed by atoms with E-state index in [4.69, 9.17) is 9.47 Å². The molecular weight excluding hydrogens is 284 g/mol. The summed E-state index contributed by atoms with van der Waals surface area (Å²) in [5, 5.41) is 0. The smallest absolute Gasteiger partial charge is 0.176 e. The highest BCUT2D eigenvalue weighted by molar-refractivity contribution is 8.00. The van der Waals surface area contributed by atoms with Crippen LogP contribution >= 0.6 is 11.8 Å². The number of benzene rings is 2. The molecule has 0 saturated heterocycles. The standard InChI is InChI=1S/C17H18O3S/c1-12-5-4-6-14(9-12)21-11-16(18)15-10-13(19-2)7-8-17(15)20-3/h4-10H,11H2,1-3H3. The fourth-order valence-electron chi connectivity index (χ4n) is 1.96. The first-order chi connectivity index (χ1) is 10.1. The van der Waals surface area contributed by atoms with Gasteiger partial charge in [0, 0.05) is 4.90 Å². The summed E-state index contributed by atoms with van der Waals surface area (Å²) in [5.41, 5.74) is 1.74. The van der Waals surface area contributed by atoms with E-state index in [0.29, 0.717) is 22.8 Å². The number of Topliss-reactive ketones (excluding diaryl/α,β-unsaturated/α-hetero) is 1. The summed E-state index contributed by atoms with van der Waals surface area (Å²) < 4.78 is 10.4. The van der Waals surface area contributed by atoms with Crippen molar-refractivity contribution >= 4 is 17.5 Å². The van der Waals surface area contributed by atoms with Crippen LogP contribution in [0.2, 0.25) is 0 Å². The quantitative estimate of drug-likeness (QED) is 0.597. The normalized spacial score (nSPS) is 10.2. The van der Waals surface area contributed by atoms with Gasteiger partial charge in [-0.1, -0.05) is 17.7 Å². The molecule has 0 saturated carbocycles. The van der Waals surface area contributed by atoms with E-state index in [-0.39, 0.29) is 5.78 Å². The number of carbonyl (C=O) groups is 1. The van der Waals surface area contributed by atoms with Crippen LogP contribution in [0, 0.1) is 6.92 Å². The second-order valence-electron chi connectivity index (χ2n) is 4.59. The van der Waals surface area contributed by atoms with Gasteiger partial charge < -0.3 is 9.47 Å². The number of ketones is 1. The first-order valence-electron chi connectivity index (χ1n) is 6.58. The van der Waals surface area contributed by atoms with Crippen LogP contribution in [0.5, 0.6) is 11.5 Å². The van der Waals surface area contributed by atoms with Crippen LogP contribution in [0.3, 0.4) is 0 Å². The van der Waals surface area contributed by atoms with Crippen LogP contribution in [-0.4, -0.2) is 25.8 Å². The van der Waals surface area contributed by atoms with Gasteiger partial charge in [-0.3, -0.25) is 4.79 Å². The molecule has 0 N–H and O–H groups in total. The molecule has 2 aromatic carbocycles. The van der Waals surface area contributed by atoms with E-state index in [1.165, 1.54) is 17.3 Å². The second-order valence-corrected chi connectivity index (χ2v) is 5.64. The molecule has 4 heteroatoms. The number of ether oxygens (including phenoxy) is 2. The van der Waals surface area contributed by atoms with Gasteiger partial charge in [-0.25, -0.2) is 0 Å². The van der Waals surface area contributed by atoms with E-state index in [1.54, 1.807) is 32.4 Å². The molecule has 0 fully saturated rings. The van der Waals surface area contributed by atoms with Gasteiger partial charge in [0.05, 0.1) is 25.5 Å². The molecule has 0 bridgehead atoms. The lowest BCUT2D eigenvalue weighted by atomic mass is 10.1. The molecule has 21 heavy (non-hydrogen) atoms. The van der Waals surface area contributed by atoms with Gasteiger partial charge >= 0.3 is 0 Å². The van der Waals surface area contributed by atoms with Crippen molar-refractivity contribution in [3.8, 4) is 11.5 Å². The highest BCUT2D eigenvalue weighted by Crippen LogP contribution is 2.27. The minimum absolute atomic E-state index is 0.0252. The minimum atomic E-state index is 0.0252. The first-order valence-corrected chi connectivity index (χ1v) is 7.57. The monoisotopic (exact) mass is 302 g/mol. The Balaban J connectivity index is 2.12. The third kappa shape index (κ3) is 4.02. The molecule has 110 valence electrons. The Labute approximate surface area is 129 Å². The number of methoxy groups -OCH3 is 2. The molecule has 0 atom stereocenters. The van der Waals surface area contributed by atoms with E-state index in [0.717, 1.165) is 4.90 Å². The van der Waals surface area contributed by atoms with Gasteiger partial charge in [-0.15, -0.1) is 11.8 Å². The summed E-state index contributed by atoms with van der Waals surface area (Å²) in [6.45, 7) is 2.04. The summed E-state index contributed by atoms with van der Waals surface area (Å²) in [6, 6.07) is 13.4. The molecule has 0 aliphatic rings. The highest BCUT2D eigenvalue weighted by Gasteiger charge is 2.14. The van der Waals surface area contributed by atoms with Gasteiger partial charge in [0.25, 0.3) is 0 Å². The molecule has 0 spiro atoms. The van der Waals surface area contributed by atoms with E-state index < -0.39 is 0 Å². The lowest BCUT2D eigenvalue weighted by Gasteiger charge is -2.09. The van der Waals surface area contributed by atoms with Crippen molar-refractivity contribution in [2.75, 3.05) is 20.0 Å². The van der Waals surface area contributed by atoms with Crippen molar-refractivity contribution < 1.29 is 14.3 Å². The Morgan fingerprint density at radius 1 is 1.10 bits per heavy atom. The Bertz CT molecular complexity index is 638. The number of hydrogen-bond donors (Lipinski definition) is 0. The maximum absolute atomic E-state index is 12.4. The summed E-state index contributed by atoms with van der Waals surface area (Å²) in [7, 11) is 3.14. The van der Waals surface area contributed by atoms with Crippen molar-refractivity contribution in [1.82, 2.24) is 0 Å². The number of thioether (sulfide) groups is 1. The molecule has 0 unspecified atom stereocenters. The molecule has 0 aromatic heterocycles.